The molecule has 0 spiro atoms. The number of thioether (sulfide) groups is 2. The third-order valence-electron chi connectivity index (χ3n) is 10.3. The fraction of sp³-hybridized carbons (Fsp3) is 0.579. The molecule has 5 rings (SSSR count). The summed E-state index contributed by atoms with van der Waals surface area (Å²) < 4.78 is 11.9. The Morgan fingerprint density at radius 1 is 0.935 bits per heavy atom. The summed E-state index contributed by atoms with van der Waals surface area (Å²) in [6.45, 7) is 15.1. The van der Waals surface area contributed by atoms with E-state index in [9.17, 15) is 4.79 Å². The highest BCUT2D eigenvalue weighted by atomic mass is 32.2. The number of carbonyl (C=O) groups is 1. The summed E-state index contributed by atoms with van der Waals surface area (Å²) >= 11 is 3.22. The largest absolute Gasteiger partial charge is 0.497 e. The first kappa shape index (κ1) is 34.7. The van der Waals surface area contributed by atoms with Gasteiger partial charge < -0.3 is 14.4 Å². The molecule has 1 aliphatic carbocycles. The van der Waals surface area contributed by atoms with Crippen LogP contribution in [0, 0.1) is 0 Å². The average Bonchev–Trinajstić information content (AvgIpc) is 3.57. The van der Waals surface area contributed by atoms with Crippen molar-refractivity contribution in [1.29, 1.82) is 0 Å². The Bertz CT molecular complexity index is 1480. The number of amidine groups is 1. The monoisotopic (exact) mass is 663 g/mol. The van der Waals surface area contributed by atoms with Gasteiger partial charge in [0.15, 0.2) is 5.17 Å². The first-order valence-electron chi connectivity index (χ1n) is 17.2. The third-order valence-corrected chi connectivity index (χ3v) is 12.7. The maximum atomic E-state index is 14.0. The summed E-state index contributed by atoms with van der Waals surface area (Å²) in [5.74, 6) is 1.93. The molecule has 250 valence electrons. The number of aliphatic imine (C=N–C) groups is 1. The van der Waals surface area contributed by atoms with Crippen LogP contribution in [0.25, 0.3) is 0 Å². The van der Waals surface area contributed by atoms with Gasteiger partial charge in [-0.25, -0.2) is 0 Å². The summed E-state index contributed by atoms with van der Waals surface area (Å²) in [6.07, 6.45) is 9.66. The second-order valence-corrected chi connectivity index (χ2v) is 16.1. The number of methoxy groups -OCH3 is 1. The number of rotatable bonds is 12. The van der Waals surface area contributed by atoms with E-state index in [0.29, 0.717) is 13.2 Å². The zero-order valence-electron chi connectivity index (χ0n) is 29.2. The van der Waals surface area contributed by atoms with E-state index in [2.05, 4.69) is 70.7 Å². The maximum absolute atomic E-state index is 14.0. The molecular formula is C38H53N3O3S2. The van der Waals surface area contributed by atoms with E-state index in [0.717, 1.165) is 75.7 Å². The molecule has 2 aliphatic heterocycles. The van der Waals surface area contributed by atoms with Gasteiger partial charge in [0.1, 0.15) is 16.4 Å². The Labute approximate surface area is 285 Å². The molecule has 2 heterocycles. The third kappa shape index (κ3) is 7.28. The predicted molar refractivity (Wildman–Crippen MR) is 196 cm³/mol. The first-order chi connectivity index (χ1) is 22.0. The lowest BCUT2D eigenvalue weighted by atomic mass is 9.76. The highest BCUT2D eigenvalue weighted by Crippen LogP contribution is 2.51. The van der Waals surface area contributed by atoms with Crippen LogP contribution in [-0.2, 0) is 15.6 Å². The van der Waals surface area contributed by atoms with Crippen LogP contribution in [0.15, 0.2) is 56.2 Å². The fourth-order valence-corrected chi connectivity index (χ4v) is 8.70. The van der Waals surface area contributed by atoms with Gasteiger partial charge in [0.2, 0.25) is 0 Å². The van der Waals surface area contributed by atoms with Crippen molar-refractivity contribution in [2.75, 3.05) is 32.2 Å². The van der Waals surface area contributed by atoms with Gasteiger partial charge in [0.05, 0.1) is 24.4 Å². The summed E-state index contributed by atoms with van der Waals surface area (Å²) in [5.41, 5.74) is 3.93. The lowest BCUT2D eigenvalue weighted by Gasteiger charge is -2.30. The Balaban J connectivity index is 1.27. The Kier molecular flexibility index (Phi) is 11.1. The van der Waals surface area contributed by atoms with Crippen LogP contribution in [0.5, 0.6) is 11.5 Å². The summed E-state index contributed by atoms with van der Waals surface area (Å²) in [7, 11) is 3.73. The highest BCUT2D eigenvalue weighted by molar-refractivity contribution is 8.19. The lowest BCUT2D eigenvalue weighted by Crippen LogP contribution is -2.40. The number of unbranched alkanes of at least 4 members (excludes halogenated alkanes) is 1. The van der Waals surface area contributed by atoms with Crippen LogP contribution in [-0.4, -0.2) is 49.3 Å². The number of fused-ring (bicyclic) bond motifs is 1. The van der Waals surface area contributed by atoms with E-state index in [-0.39, 0.29) is 22.8 Å². The van der Waals surface area contributed by atoms with Gasteiger partial charge in [-0.3, -0.25) is 14.7 Å². The number of ether oxygens (including phenoxy) is 2. The highest BCUT2D eigenvalue weighted by Gasteiger charge is 2.42. The van der Waals surface area contributed by atoms with Gasteiger partial charge in [0.25, 0.3) is 5.91 Å². The van der Waals surface area contributed by atoms with Gasteiger partial charge in [0, 0.05) is 36.2 Å². The van der Waals surface area contributed by atoms with Crippen molar-refractivity contribution >= 4 is 40.3 Å². The number of hydrogen-bond donors (Lipinski definition) is 0. The van der Waals surface area contributed by atoms with Crippen molar-refractivity contribution in [2.45, 2.75) is 121 Å². The smallest absolute Gasteiger partial charge is 0.269 e. The van der Waals surface area contributed by atoms with Crippen molar-refractivity contribution in [3.8, 4) is 11.5 Å². The maximum Gasteiger partial charge on any atom is 0.269 e. The topological polar surface area (TPSA) is 54.4 Å². The molecule has 6 nitrogen and oxygen atoms in total. The predicted octanol–water partition coefficient (Wildman–Crippen LogP) is 9.90. The Morgan fingerprint density at radius 3 is 2.37 bits per heavy atom. The summed E-state index contributed by atoms with van der Waals surface area (Å²) in [6, 6.07) is 13.1. The van der Waals surface area contributed by atoms with Crippen molar-refractivity contribution in [3.05, 3.63) is 57.5 Å². The number of carbonyl (C=O) groups excluding carboxylic acids is 1. The number of nitrogens with zero attached hydrogens (tertiary/aromatic N) is 3. The fourth-order valence-electron chi connectivity index (χ4n) is 6.31. The minimum Gasteiger partial charge on any atom is -0.497 e. The lowest BCUT2D eigenvalue weighted by molar-refractivity contribution is -0.124. The molecule has 0 bridgehead atoms. The SMILES string of the molecule is CCC(C)(C)c1ccc(OCCCCN=C2S/C(=C3\Sc4ccc(OC)cc4N3C)C(=O)N2C2CCCCC2)c(C(C)(C)CC)c1. The van der Waals surface area contributed by atoms with Gasteiger partial charge >= 0.3 is 0 Å². The number of anilines is 1. The van der Waals surface area contributed by atoms with Crippen LogP contribution in [0.4, 0.5) is 5.69 Å². The van der Waals surface area contributed by atoms with Crippen LogP contribution < -0.4 is 14.4 Å². The zero-order valence-corrected chi connectivity index (χ0v) is 30.8. The van der Waals surface area contributed by atoms with E-state index in [1.54, 1.807) is 30.6 Å². The van der Waals surface area contributed by atoms with E-state index < -0.39 is 0 Å². The minimum absolute atomic E-state index is 0.0429. The second kappa shape index (κ2) is 14.7. The summed E-state index contributed by atoms with van der Waals surface area (Å²) in [5, 5.41) is 1.85. The molecule has 0 atom stereocenters. The quantitative estimate of drug-likeness (QED) is 0.166. The number of amides is 1. The number of hydrogen-bond acceptors (Lipinski definition) is 7. The van der Waals surface area contributed by atoms with E-state index >= 15 is 0 Å². The molecule has 0 radical (unpaired) electrons. The van der Waals surface area contributed by atoms with Gasteiger partial charge in [-0.2, -0.15) is 0 Å². The van der Waals surface area contributed by atoms with Crippen LogP contribution in [0.2, 0.25) is 0 Å². The minimum atomic E-state index is 0.0429. The van der Waals surface area contributed by atoms with Crippen molar-refractivity contribution in [3.63, 3.8) is 0 Å². The van der Waals surface area contributed by atoms with E-state index in [1.165, 1.54) is 30.4 Å². The molecule has 46 heavy (non-hydrogen) atoms. The molecule has 3 aliphatic rings. The average molecular weight is 664 g/mol. The molecule has 8 heteroatoms. The molecule has 1 saturated heterocycles. The molecule has 2 fully saturated rings. The standard InChI is InChI=1S/C38H53N3O3S2/c1-9-37(3,4)26-18-20-31(29(24-26)38(5,6)10-2)44-23-15-14-22-39-36-41(27-16-12-11-13-17-27)34(42)33(46-36)35-40(7)30-25-28(43-8)19-21-32(30)45-35/h18-21,24-25,27H,9-17,22-23H2,1-8H3/b35-33-,39-36?. The molecule has 1 amide bonds. The Morgan fingerprint density at radius 2 is 1.67 bits per heavy atom. The van der Waals surface area contributed by atoms with Crippen molar-refractivity contribution in [1.82, 2.24) is 4.90 Å². The second-order valence-electron chi connectivity index (χ2n) is 14.1. The molecular weight excluding hydrogens is 611 g/mol. The molecule has 0 aromatic heterocycles. The van der Waals surface area contributed by atoms with Crippen LogP contribution >= 0.6 is 23.5 Å². The molecule has 0 N–H and O–H groups in total. The zero-order chi connectivity index (χ0) is 33.1. The van der Waals surface area contributed by atoms with E-state index in [1.807, 2.05) is 24.1 Å². The number of benzene rings is 2. The Hall–Kier alpha value is -2.58. The van der Waals surface area contributed by atoms with Gasteiger partial charge in [-0.05, 0) is 84.9 Å². The normalized spacial score (nSPS) is 20.2. The molecule has 0 unspecified atom stereocenters. The van der Waals surface area contributed by atoms with E-state index in [4.69, 9.17) is 14.5 Å². The van der Waals surface area contributed by atoms with Crippen LogP contribution in [0.1, 0.15) is 110 Å². The van der Waals surface area contributed by atoms with Crippen molar-refractivity contribution in [2.24, 2.45) is 4.99 Å². The van der Waals surface area contributed by atoms with Crippen LogP contribution in [0.3, 0.4) is 0 Å². The van der Waals surface area contributed by atoms with Gasteiger partial charge in [-0.1, -0.05) is 84.7 Å². The molecule has 2 aromatic carbocycles. The molecule has 1 saturated carbocycles. The first-order valence-corrected chi connectivity index (χ1v) is 18.8. The van der Waals surface area contributed by atoms with Crippen molar-refractivity contribution < 1.29 is 14.3 Å². The summed E-state index contributed by atoms with van der Waals surface area (Å²) in [4.78, 5) is 25.2. The van der Waals surface area contributed by atoms with Gasteiger partial charge in [-0.15, -0.1) is 0 Å². The molecule has 2 aromatic rings.